The Labute approximate surface area is 196 Å². The van der Waals surface area contributed by atoms with E-state index >= 15 is 0 Å². The fourth-order valence-electron chi connectivity index (χ4n) is 3.12. The number of esters is 2. The van der Waals surface area contributed by atoms with Crippen molar-refractivity contribution >= 4 is 23.9 Å². The van der Waals surface area contributed by atoms with Gasteiger partial charge in [-0.1, -0.05) is 36.4 Å². The highest BCUT2D eigenvalue weighted by molar-refractivity contribution is 5.95. The molecule has 182 valence electrons. The van der Waals surface area contributed by atoms with Gasteiger partial charge in [-0.15, -0.1) is 0 Å². The number of carbonyl (C=O) groups excluding carboxylic acids is 2. The molecule has 10 heteroatoms. The number of nitrogens with one attached hydrogen (secondary N) is 1. The van der Waals surface area contributed by atoms with Gasteiger partial charge in [0.1, 0.15) is 0 Å². The van der Waals surface area contributed by atoms with E-state index in [1.165, 1.54) is 67.9 Å². The van der Waals surface area contributed by atoms with Crippen LogP contribution in [0.5, 0.6) is 0 Å². The van der Waals surface area contributed by atoms with Crippen molar-refractivity contribution in [1.82, 2.24) is 5.32 Å². The average molecular weight is 472 g/mol. The molecule has 0 amide bonds. The summed E-state index contributed by atoms with van der Waals surface area (Å²) in [4.78, 5) is 46.8. The minimum Gasteiger partial charge on any atom is -0.478 e. The van der Waals surface area contributed by atoms with Gasteiger partial charge >= 0.3 is 23.9 Å². The molecule has 1 aliphatic heterocycles. The average Bonchev–Trinajstić information content (AvgIpc) is 2.87. The Bertz CT molecular complexity index is 876. The second-order valence-corrected chi connectivity index (χ2v) is 7.51. The van der Waals surface area contributed by atoms with Crippen molar-refractivity contribution in [2.45, 2.75) is 25.0 Å². The third-order valence-electron chi connectivity index (χ3n) is 4.98. The lowest BCUT2D eigenvalue weighted by atomic mass is 10.0. The van der Waals surface area contributed by atoms with Crippen LogP contribution < -0.4 is 11.1 Å². The number of ether oxygens (including phenoxy) is 2. The predicted octanol–water partition coefficient (Wildman–Crippen LogP) is 1.55. The molecule has 10 nitrogen and oxygen atoms in total. The van der Waals surface area contributed by atoms with Crippen LogP contribution >= 0.6 is 0 Å². The molecule has 34 heavy (non-hydrogen) atoms. The maximum Gasteiger partial charge on any atom is 0.349 e. The molecule has 3 unspecified atom stereocenters. The first-order valence-electron chi connectivity index (χ1n) is 10.7. The number of carbonyl (C=O) groups is 4. The number of carboxylic acids is 2. The molecule has 2 aromatic carbocycles. The van der Waals surface area contributed by atoms with E-state index in [0.717, 1.165) is 19.0 Å². The molecule has 3 rings (SSSR count). The van der Waals surface area contributed by atoms with Gasteiger partial charge in [0.05, 0.1) is 11.1 Å². The second kappa shape index (κ2) is 13.7. The molecule has 0 aliphatic carbocycles. The lowest BCUT2D eigenvalue weighted by Gasteiger charge is -2.21. The van der Waals surface area contributed by atoms with Crippen molar-refractivity contribution in [3.05, 3.63) is 71.8 Å². The number of carboxylic acid groups (broad SMARTS) is 2. The molecule has 5 N–H and O–H groups in total. The van der Waals surface area contributed by atoms with Gasteiger partial charge in [0.2, 0.25) is 12.2 Å². The summed E-state index contributed by atoms with van der Waals surface area (Å²) in [6.45, 7) is 3.18. The summed E-state index contributed by atoms with van der Waals surface area (Å²) in [5, 5.41) is 21.8. The molecule has 1 aliphatic rings. The summed E-state index contributed by atoms with van der Waals surface area (Å²) in [7, 11) is 0. The highest BCUT2D eigenvalue weighted by atomic mass is 16.6. The van der Waals surface area contributed by atoms with Crippen molar-refractivity contribution in [3.8, 4) is 0 Å². The fourth-order valence-corrected chi connectivity index (χ4v) is 3.12. The van der Waals surface area contributed by atoms with Crippen LogP contribution in [0.1, 0.15) is 33.6 Å². The smallest absolute Gasteiger partial charge is 0.349 e. The van der Waals surface area contributed by atoms with Gasteiger partial charge in [0, 0.05) is 0 Å². The first-order chi connectivity index (χ1) is 16.3. The first kappa shape index (κ1) is 26.5. The van der Waals surface area contributed by atoms with E-state index in [2.05, 4.69) is 5.32 Å². The molecule has 0 aromatic heterocycles. The molecule has 2 aromatic rings. The zero-order valence-electron chi connectivity index (χ0n) is 18.5. The number of hydrogen-bond donors (Lipinski definition) is 4. The summed E-state index contributed by atoms with van der Waals surface area (Å²) < 4.78 is 9.52. The van der Waals surface area contributed by atoms with Crippen LogP contribution in [0.4, 0.5) is 0 Å². The molecule has 0 bridgehead atoms. The van der Waals surface area contributed by atoms with E-state index in [4.69, 9.17) is 15.2 Å². The number of piperidine rings is 1. The number of nitrogens with two attached hydrogens (primary N) is 1. The number of hydrogen-bond acceptors (Lipinski definition) is 8. The van der Waals surface area contributed by atoms with Gasteiger partial charge < -0.3 is 30.7 Å². The topological polar surface area (TPSA) is 165 Å². The van der Waals surface area contributed by atoms with E-state index in [9.17, 15) is 29.4 Å². The molecule has 0 saturated carbocycles. The van der Waals surface area contributed by atoms with Crippen LogP contribution in [-0.4, -0.2) is 65.9 Å². The summed E-state index contributed by atoms with van der Waals surface area (Å²) in [6, 6.07) is 14.8. The summed E-state index contributed by atoms with van der Waals surface area (Å²) in [5.74, 6) is -4.88. The second-order valence-electron chi connectivity index (χ2n) is 7.51. The molecular weight excluding hydrogens is 444 g/mol. The molecule has 0 spiro atoms. The molecule has 1 fully saturated rings. The van der Waals surface area contributed by atoms with Gasteiger partial charge in [-0.25, -0.2) is 19.2 Å². The third kappa shape index (κ3) is 8.30. The third-order valence-corrected chi connectivity index (χ3v) is 4.98. The minimum absolute atomic E-state index is 0.0253. The van der Waals surface area contributed by atoms with Crippen molar-refractivity contribution in [2.75, 3.05) is 19.6 Å². The molecule has 0 radical (unpaired) electrons. The Morgan fingerprint density at radius 2 is 1.29 bits per heavy atom. The minimum atomic E-state index is -2.21. The van der Waals surface area contributed by atoms with Crippen LogP contribution in [0.3, 0.4) is 0 Å². The molecular formula is C24H28N2O8. The molecule has 1 saturated heterocycles. The quantitative estimate of drug-likeness (QED) is 0.414. The van der Waals surface area contributed by atoms with E-state index < -0.39 is 36.1 Å². The van der Waals surface area contributed by atoms with Gasteiger partial charge in [0.25, 0.3) is 0 Å². The van der Waals surface area contributed by atoms with E-state index in [-0.39, 0.29) is 11.1 Å². The van der Waals surface area contributed by atoms with E-state index in [0.29, 0.717) is 0 Å². The predicted molar refractivity (Wildman–Crippen MR) is 121 cm³/mol. The summed E-state index contributed by atoms with van der Waals surface area (Å²) in [6.07, 6.45) is -1.80. The van der Waals surface area contributed by atoms with Crippen LogP contribution in [0.2, 0.25) is 0 Å². The van der Waals surface area contributed by atoms with Gasteiger partial charge in [-0.2, -0.15) is 0 Å². The zero-order chi connectivity index (χ0) is 24.9. The normalized spacial score (nSPS) is 16.7. The van der Waals surface area contributed by atoms with E-state index in [1.807, 2.05) is 0 Å². The summed E-state index contributed by atoms with van der Waals surface area (Å²) >= 11 is 0. The summed E-state index contributed by atoms with van der Waals surface area (Å²) in [5.41, 5.74) is 5.51. The maximum atomic E-state index is 12.0. The largest absolute Gasteiger partial charge is 0.478 e. The van der Waals surface area contributed by atoms with Crippen LogP contribution in [0, 0.1) is 5.92 Å². The Balaban J connectivity index is 0.000000430. The lowest BCUT2D eigenvalue weighted by Crippen LogP contribution is -2.45. The fraction of sp³-hybridized carbons (Fsp3) is 0.333. The lowest BCUT2D eigenvalue weighted by molar-refractivity contribution is -0.166. The Morgan fingerprint density at radius 3 is 1.59 bits per heavy atom. The first-order valence-corrected chi connectivity index (χ1v) is 10.7. The SMILES string of the molecule is NCC1CCCNC1.O=C(OC(C(=O)O)C(OC(=O)c1ccccc1)C(=O)O)c1ccccc1. The number of aliphatic carboxylic acids is 2. The monoisotopic (exact) mass is 472 g/mol. The Morgan fingerprint density at radius 1 is 0.853 bits per heavy atom. The molecule has 3 atom stereocenters. The zero-order valence-corrected chi connectivity index (χ0v) is 18.5. The maximum absolute atomic E-state index is 12.0. The van der Waals surface area contributed by atoms with Gasteiger partial charge in [-0.3, -0.25) is 0 Å². The van der Waals surface area contributed by atoms with Crippen molar-refractivity contribution in [1.29, 1.82) is 0 Å². The number of rotatable bonds is 8. The van der Waals surface area contributed by atoms with Crippen molar-refractivity contribution < 1.29 is 38.9 Å². The van der Waals surface area contributed by atoms with Crippen LogP contribution in [0.15, 0.2) is 60.7 Å². The van der Waals surface area contributed by atoms with Crippen molar-refractivity contribution in [3.63, 3.8) is 0 Å². The highest BCUT2D eigenvalue weighted by Gasteiger charge is 2.41. The Kier molecular flexibility index (Phi) is 10.7. The van der Waals surface area contributed by atoms with Crippen molar-refractivity contribution in [2.24, 2.45) is 11.7 Å². The van der Waals surface area contributed by atoms with Gasteiger partial charge in [0.15, 0.2) is 0 Å². The van der Waals surface area contributed by atoms with Crippen LogP contribution in [-0.2, 0) is 19.1 Å². The Hall–Kier alpha value is -3.76. The highest BCUT2D eigenvalue weighted by Crippen LogP contribution is 2.13. The van der Waals surface area contributed by atoms with Gasteiger partial charge in [-0.05, 0) is 62.7 Å². The number of benzene rings is 2. The van der Waals surface area contributed by atoms with Crippen LogP contribution in [0.25, 0.3) is 0 Å². The van der Waals surface area contributed by atoms with E-state index in [1.54, 1.807) is 12.1 Å². The standard InChI is InChI=1S/C18H14O8.C6H14N2/c19-15(20)13(25-17(23)11-7-3-1-4-8-11)14(16(21)22)26-18(24)12-9-5-2-6-10-12;7-4-6-2-1-3-8-5-6/h1-10,13-14H,(H,19,20)(H,21,22);6,8H,1-5,7H2. The molecule has 1 heterocycles.